The van der Waals surface area contributed by atoms with E-state index in [-0.39, 0.29) is 27.1 Å². The quantitative estimate of drug-likeness (QED) is 0.421. The van der Waals surface area contributed by atoms with Crippen molar-refractivity contribution in [3.63, 3.8) is 0 Å². The number of thiophene rings is 1. The number of amides is 1. The summed E-state index contributed by atoms with van der Waals surface area (Å²) < 4.78 is 33.9. The molecule has 30 heavy (non-hydrogen) atoms. The Hall–Kier alpha value is -2.89. The van der Waals surface area contributed by atoms with Gasteiger partial charge in [-0.05, 0) is 64.5 Å². The van der Waals surface area contributed by atoms with E-state index < -0.39 is 16.0 Å². The lowest BCUT2D eigenvalue weighted by Gasteiger charge is -2.12. The predicted molar refractivity (Wildman–Crippen MR) is 117 cm³/mol. The lowest BCUT2D eigenvalue weighted by atomic mass is 10.2. The van der Waals surface area contributed by atoms with Crippen LogP contribution in [0.25, 0.3) is 0 Å². The highest BCUT2D eigenvalue weighted by Crippen LogP contribution is 2.31. The zero-order chi connectivity index (χ0) is 21.9. The Morgan fingerprint density at radius 3 is 2.27 bits per heavy atom. The maximum Gasteiger partial charge on any atom is 0.337 e. The van der Waals surface area contributed by atoms with E-state index >= 15 is 0 Å². The summed E-state index contributed by atoms with van der Waals surface area (Å²) in [5.41, 5.74) is 0.244. The van der Waals surface area contributed by atoms with Gasteiger partial charge in [0.2, 0.25) is 5.91 Å². The van der Waals surface area contributed by atoms with Crippen LogP contribution in [0, 0.1) is 0 Å². The molecule has 0 radical (unpaired) electrons. The van der Waals surface area contributed by atoms with Gasteiger partial charge in [0.1, 0.15) is 15.7 Å². The molecular weight excluding hydrogens is 496 g/mol. The van der Waals surface area contributed by atoms with Gasteiger partial charge in [0, 0.05) is 18.7 Å². The van der Waals surface area contributed by atoms with Gasteiger partial charge < -0.3 is 15.2 Å². The van der Waals surface area contributed by atoms with Crippen LogP contribution in [0.2, 0.25) is 0 Å². The minimum atomic E-state index is -3.98. The van der Waals surface area contributed by atoms with E-state index in [0.29, 0.717) is 15.2 Å². The van der Waals surface area contributed by atoms with Gasteiger partial charge in [-0.15, -0.1) is 11.3 Å². The number of ether oxygens (including phenoxy) is 1. The van der Waals surface area contributed by atoms with Crippen molar-refractivity contribution in [3.8, 4) is 11.5 Å². The Morgan fingerprint density at radius 2 is 1.70 bits per heavy atom. The number of carboxylic acid groups (broad SMARTS) is 1. The Balaban J connectivity index is 1.87. The summed E-state index contributed by atoms with van der Waals surface area (Å²) in [7, 11) is -3.98. The number of carboxylic acids is 1. The first kappa shape index (κ1) is 21.8. The highest BCUT2D eigenvalue weighted by atomic mass is 79.9. The van der Waals surface area contributed by atoms with Crippen LogP contribution < -0.4 is 14.8 Å². The van der Waals surface area contributed by atoms with Crippen molar-refractivity contribution in [3.05, 3.63) is 63.9 Å². The van der Waals surface area contributed by atoms with E-state index in [1.807, 2.05) is 0 Å². The summed E-state index contributed by atoms with van der Waals surface area (Å²) in [6, 6.07) is 13.5. The van der Waals surface area contributed by atoms with Crippen LogP contribution in [0.1, 0.15) is 17.3 Å². The Labute approximate surface area is 184 Å². The van der Waals surface area contributed by atoms with Gasteiger partial charge in [-0.1, -0.05) is 0 Å². The summed E-state index contributed by atoms with van der Waals surface area (Å²) in [5, 5.41) is 12.0. The number of rotatable bonds is 7. The van der Waals surface area contributed by atoms with E-state index in [1.54, 1.807) is 30.3 Å². The van der Waals surface area contributed by atoms with Gasteiger partial charge in [-0.25, -0.2) is 13.2 Å². The average molecular weight is 511 g/mol. The second-order valence-corrected chi connectivity index (χ2v) is 10.4. The standard InChI is InChI=1S/C19H15BrN2O6S2/c1-11(23)21-12-2-4-13(5-3-12)28-14-6-7-15(19(24)25)16(10-14)22-30(26,27)18-9-8-17(20)29-18/h2-10,22H,1H3,(H,21,23)(H,24,25). The number of sulfonamides is 1. The first-order chi connectivity index (χ1) is 14.1. The van der Waals surface area contributed by atoms with Gasteiger partial charge in [0.05, 0.1) is 15.0 Å². The fraction of sp³-hybridized carbons (Fsp3) is 0.0526. The fourth-order valence-electron chi connectivity index (χ4n) is 2.44. The minimum absolute atomic E-state index is 0.0330. The lowest BCUT2D eigenvalue weighted by molar-refractivity contribution is -0.114. The Morgan fingerprint density at radius 1 is 1.03 bits per heavy atom. The molecule has 0 aliphatic rings. The number of hydrogen-bond donors (Lipinski definition) is 3. The number of anilines is 2. The van der Waals surface area contributed by atoms with Crippen LogP contribution >= 0.6 is 27.3 Å². The number of nitrogens with one attached hydrogen (secondary N) is 2. The Kier molecular flexibility index (Phi) is 6.44. The molecule has 0 aliphatic carbocycles. The SMILES string of the molecule is CC(=O)Nc1ccc(Oc2ccc(C(=O)O)c(NS(=O)(=O)c3ccc(Br)s3)c2)cc1. The monoisotopic (exact) mass is 510 g/mol. The fourth-order valence-corrected chi connectivity index (χ4v) is 5.52. The maximum atomic E-state index is 12.6. The molecule has 0 saturated heterocycles. The largest absolute Gasteiger partial charge is 0.478 e. The number of benzene rings is 2. The van der Waals surface area contributed by atoms with Crippen LogP contribution in [0.3, 0.4) is 0 Å². The summed E-state index contributed by atoms with van der Waals surface area (Å²) in [4.78, 5) is 22.6. The molecule has 156 valence electrons. The smallest absolute Gasteiger partial charge is 0.337 e. The van der Waals surface area contributed by atoms with Crippen molar-refractivity contribution in [2.45, 2.75) is 11.1 Å². The van der Waals surface area contributed by atoms with Gasteiger partial charge >= 0.3 is 5.97 Å². The van der Waals surface area contributed by atoms with E-state index in [4.69, 9.17) is 4.74 Å². The number of halogens is 1. The zero-order valence-corrected chi connectivity index (χ0v) is 18.6. The van der Waals surface area contributed by atoms with E-state index in [1.165, 1.54) is 31.2 Å². The molecule has 11 heteroatoms. The van der Waals surface area contributed by atoms with Crippen LogP contribution in [-0.2, 0) is 14.8 Å². The molecule has 1 aromatic heterocycles. The van der Waals surface area contributed by atoms with E-state index in [0.717, 1.165) is 11.3 Å². The predicted octanol–water partition coefficient (Wildman–Crippen LogP) is 4.76. The second-order valence-electron chi connectivity index (χ2n) is 5.98. The van der Waals surface area contributed by atoms with Crippen LogP contribution in [0.4, 0.5) is 11.4 Å². The first-order valence-corrected chi connectivity index (χ1v) is 11.4. The summed E-state index contributed by atoms with van der Waals surface area (Å²) in [6.07, 6.45) is 0. The van der Waals surface area contributed by atoms with Gasteiger partial charge in [-0.3, -0.25) is 9.52 Å². The molecule has 0 saturated carbocycles. The third-order valence-electron chi connectivity index (χ3n) is 3.69. The molecule has 1 amide bonds. The normalized spacial score (nSPS) is 11.0. The third kappa shape index (κ3) is 5.38. The molecule has 3 aromatic rings. The molecule has 0 bridgehead atoms. The molecule has 3 N–H and O–H groups in total. The topological polar surface area (TPSA) is 122 Å². The maximum absolute atomic E-state index is 12.6. The molecule has 0 spiro atoms. The number of carbonyl (C=O) groups is 2. The van der Waals surface area contributed by atoms with Crippen LogP contribution in [0.15, 0.2) is 62.6 Å². The van der Waals surface area contributed by atoms with E-state index in [9.17, 15) is 23.1 Å². The van der Waals surface area contributed by atoms with E-state index in [2.05, 4.69) is 26.0 Å². The third-order valence-corrected chi connectivity index (χ3v) is 7.17. The zero-order valence-electron chi connectivity index (χ0n) is 15.4. The molecule has 0 aliphatic heterocycles. The molecule has 0 atom stereocenters. The minimum Gasteiger partial charge on any atom is -0.478 e. The first-order valence-electron chi connectivity index (χ1n) is 8.35. The molecule has 0 unspecified atom stereocenters. The molecule has 2 aromatic carbocycles. The van der Waals surface area contributed by atoms with Crippen molar-refractivity contribution in [1.82, 2.24) is 0 Å². The molecule has 0 fully saturated rings. The van der Waals surface area contributed by atoms with Crippen molar-refractivity contribution >= 4 is 60.5 Å². The van der Waals surface area contributed by atoms with Crippen molar-refractivity contribution in [1.29, 1.82) is 0 Å². The number of hydrogen-bond acceptors (Lipinski definition) is 6. The van der Waals surface area contributed by atoms with Crippen molar-refractivity contribution in [2.24, 2.45) is 0 Å². The molecule has 1 heterocycles. The van der Waals surface area contributed by atoms with Gasteiger partial charge in [0.25, 0.3) is 10.0 Å². The molecule has 8 nitrogen and oxygen atoms in total. The Bertz CT molecular complexity index is 1210. The molecular formula is C19H15BrN2O6S2. The second kappa shape index (κ2) is 8.86. The van der Waals surface area contributed by atoms with Crippen LogP contribution in [-0.4, -0.2) is 25.4 Å². The number of carbonyl (C=O) groups excluding carboxylic acids is 1. The van der Waals surface area contributed by atoms with Crippen molar-refractivity contribution < 1.29 is 27.9 Å². The number of aromatic carboxylic acids is 1. The summed E-state index contributed by atoms with van der Waals surface area (Å²) in [5.74, 6) is -0.839. The molecule has 3 rings (SSSR count). The van der Waals surface area contributed by atoms with Crippen molar-refractivity contribution in [2.75, 3.05) is 10.0 Å². The van der Waals surface area contributed by atoms with Gasteiger partial charge in [0.15, 0.2) is 0 Å². The highest BCUT2D eigenvalue weighted by molar-refractivity contribution is 9.11. The van der Waals surface area contributed by atoms with Crippen LogP contribution in [0.5, 0.6) is 11.5 Å². The summed E-state index contributed by atoms with van der Waals surface area (Å²) in [6.45, 7) is 1.39. The lowest BCUT2D eigenvalue weighted by Crippen LogP contribution is -2.14. The summed E-state index contributed by atoms with van der Waals surface area (Å²) >= 11 is 4.20. The average Bonchev–Trinajstić information content (AvgIpc) is 3.10. The van der Waals surface area contributed by atoms with Gasteiger partial charge in [-0.2, -0.15) is 0 Å². The highest BCUT2D eigenvalue weighted by Gasteiger charge is 2.21.